The predicted octanol–water partition coefficient (Wildman–Crippen LogP) is 1.80. The second-order valence-corrected chi connectivity index (χ2v) is 4.85. The molecule has 0 spiro atoms. The SMILES string of the molecule is CCCn1nncc1C(N)c1ccc(N(C)C)cc1. The van der Waals surface area contributed by atoms with Gasteiger partial charge >= 0.3 is 0 Å². The van der Waals surface area contributed by atoms with E-state index < -0.39 is 0 Å². The fourth-order valence-corrected chi connectivity index (χ4v) is 2.04. The van der Waals surface area contributed by atoms with Gasteiger partial charge in [0.15, 0.2) is 0 Å². The van der Waals surface area contributed by atoms with Crippen molar-refractivity contribution in [3.63, 3.8) is 0 Å². The van der Waals surface area contributed by atoms with Crippen LogP contribution in [0.2, 0.25) is 0 Å². The fourth-order valence-electron chi connectivity index (χ4n) is 2.04. The first kappa shape index (κ1) is 13.5. The summed E-state index contributed by atoms with van der Waals surface area (Å²) in [4.78, 5) is 2.07. The Hall–Kier alpha value is -1.88. The van der Waals surface area contributed by atoms with E-state index >= 15 is 0 Å². The summed E-state index contributed by atoms with van der Waals surface area (Å²) in [6.45, 7) is 2.96. The van der Waals surface area contributed by atoms with E-state index in [1.807, 2.05) is 18.8 Å². The van der Waals surface area contributed by atoms with Crippen molar-refractivity contribution < 1.29 is 0 Å². The van der Waals surface area contributed by atoms with Crippen LogP contribution in [0.4, 0.5) is 5.69 Å². The zero-order valence-corrected chi connectivity index (χ0v) is 11.7. The highest BCUT2D eigenvalue weighted by Crippen LogP contribution is 2.21. The quantitative estimate of drug-likeness (QED) is 0.889. The van der Waals surface area contributed by atoms with E-state index in [0.29, 0.717) is 0 Å². The Morgan fingerprint density at radius 1 is 1.26 bits per heavy atom. The Labute approximate surface area is 114 Å². The first-order valence-electron chi connectivity index (χ1n) is 6.54. The maximum atomic E-state index is 6.30. The zero-order chi connectivity index (χ0) is 13.8. The second-order valence-electron chi connectivity index (χ2n) is 4.85. The molecule has 0 saturated carbocycles. The largest absolute Gasteiger partial charge is 0.378 e. The van der Waals surface area contributed by atoms with E-state index in [4.69, 9.17) is 5.73 Å². The van der Waals surface area contributed by atoms with Gasteiger partial charge in [-0.1, -0.05) is 24.3 Å². The highest BCUT2D eigenvalue weighted by molar-refractivity contribution is 5.47. The Bertz CT molecular complexity index is 515. The number of hydrogen-bond acceptors (Lipinski definition) is 4. The minimum Gasteiger partial charge on any atom is -0.378 e. The van der Waals surface area contributed by atoms with Crippen LogP contribution >= 0.6 is 0 Å². The van der Waals surface area contributed by atoms with Gasteiger partial charge in [0.25, 0.3) is 0 Å². The minimum absolute atomic E-state index is 0.183. The molecule has 2 N–H and O–H groups in total. The maximum Gasteiger partial charge on any atom is 0.0799 e. The van der Waals surface area contributed by atoms with Gasteiger partial charge in [-0.25, -0.2) is 4.68 Å². The summed E-state index contributed by atoms with van der Waals surface area (Å²) in [5, 5.41) is 8.03. The van der Waals surface area contributed by atoms with Crippen molar-refractivity contribution in [2.24, 2.45) is 5.73 Å². The van der Waals surface area contributed by atoms with Crippen molar-refractivity contribution in [1.29, 1.82) is 0 Å². The summed E-state index contributed by atoms with van der Waals surface area (Å²) in [5.74, 6) is 0. The molecule has 1 atom stereocenters. The number of nitrogens with zero attached hydrogens (tertiary/aromatic N) is 4. The number of aromatic nitrogens is 3. The first-order chi connectivity index (χ1) is 9.13. The van der Waals surface area contributed by atoms with Gasteiger partial charge in [0.05, 0.1) is 17.9 Å². The van der Waals surface area contributed by atoms with E-state index in [9.17, 15) is 0 Å². The molecule has 102 valence electrons. The van der Waals surface area contributed by atoms with Gasteiger partial charge in [0.1, 0.15) is 0 Å². The second kappa shape index (κ2) is 5.84. The van der Waals surface area contributed by atoms with Crippen LogP contribution in [-0.2, 0) is 6.54 Å². The average molecular weight is 259 g/mol. The lowest BCUT2D eigenvalue weighted by molar-refractivity contribution is 0.543. The molecule has 0 aliphatic heterocycles. The lowest BCUT2D eigenvalue weighted by atomic mass is 10.0. The monoisotopic (exact) mass is 259 g/mol. The number of rotatable bonds is 5. The van der Waals surface area contributed by atoms with Crippen LogP contribution in [0.5, 0.6) is 0 Å². The molecule has 0 saturated heterocycles. The van der Waals surface area contributed by atoms with Crippen LogP contribution in [-0.4, -0.2) is 29.1 Å². The third kappa shape index (κ3) is 2.93. The van der Waals surface area contributed by atoms with Crippen LogP contribution in [0, 0.1) is 0 Å². The Morgan fingerprint density at radius 2 is 1.95 bits per heavy atom. The van der Waals surface area contributed by atoms with E-state index in [1.165, 1.54) is 0 Å². The lowest BCUT2D eigenvalue weighted by Crippen LogP contribution is -2.18. The summed E-state index contributed by atoms with van der Waals surface area (Å²) in [6.07, 6.45) is 2.77. The van der Waals surface area contributed by atoms with Crippen molar-refractivity contribution in [3.05, 3.63) is 41.7 Å². The van der Waals surface area contributed by atoms with Gasteiger partial charge in [-0.15, -0.1) is 5.10 Å². The molecule has 0 bridgehead atoms. The van der Waals surface area contributed by atoms with Gasteiger partial charge < -0.3 is 10.6 Å². The van der Waals surface area contributed by atoms with E-state index in [0.717, 1.165) is 29.9 Å². The topological polar surface area (TPSA) is 60.0 Å². The summed E-state index contributed by atoms with van der Waals surface area (Å²) in [6, 6.07) is 8.08. The highest BCUT2D eigenvalue weighted by Gasteiger charge is 2.14. The Balaban J connectivity index is 2.23. The molecule has 1 aromatic heterocycles. The van der Waals surface area contributed by atoms with Gasteiger partial charge in [-0.05, 0) is 24.1 Å². The fraction of sp³-hybridized carbons (Fsp3) is 0.429. The summed E-state index contributed by atoms with van der Waals surface area (Å²) < 4.78 is 1.88. The molecule has 2 aromatic rings. The van der Waals surface area contributed by atoms with Crippen LogP contribution in [0.15, 0.2) is 30.5 Å². The lowest BCUT2D eigenvalue weighted by Gasteiger charge is -2.16. The molecule has 1 heterocycles. The Morgan fingerprint density at radius 3 is 2.53 bits per heavy atom. The molecule has 1 aromatic carbocycles. The van der Waals surface area contributed by atoms with Gasteiger partial charge in [0, 0.05) is 26.3 Å². The third-order valence-corrected chi connectivity index (χ3v) is 3.17. The number of anilines is 1. The van der Waals surface area contributed by atoms with E-state index in [2.05, 4.69) is 46.4 Å². The van der Waals surface area contributed by atoms with Crippen LogP contribution in [0.1, 0.15) is 30.6 Å². The van der Waals surface area contributed by atoms with Crippen LogP contribution in [0.3, 0.4) is 0 Å². The molecular weight excluding hydrogens is 238 g/mol. The van der Waals surface area contributed by atoms with Gasteiger partial charge in [-0.3, -0.25) is 0 Å². The molecular formula is C14H21N5. The minimum atomic E-state index is -0.183. The number of aryl methyl sites for hydroxylation is 1. The molecule has 0 amide bonds. The maximum absolute atomic E-state index is 6.30. The molecule has 19 heavy (non-hydrogen) atoms. The number of hydrogen-bond donors (Lipinski definition) is 1. The average Bonchev–Trinajstić information content (AvgIpc) is 2.87. The molecule has 5 nitrogen and oxygen atoms in total. The van der Waals surface area contributed by atoms with Crippen molar-refractivity contribution in [3.8, 4) is 0 Å². The normalized spacial score (nSPS) is 12.4. The van der Waals surface area contributed by atoms with Crippen molar-refractivity contribution in [1.82, 2.24) is 15.0 Å². The molecule has 1 unspecified atom stereocenters. The van der Waals surface area contributed by atoms with Crippen molar-refractivity contribution in [2.75, 3.05) is 19.0 Å². The molecule has 0 aliphatic rings. The van der Waals surface area contributed by atoms with Gasteiger partial charge in [0.2, 0.25) is 0 Å². The smallest absolute Gasteiger partial charge is 0.0799 e. The highest BCUT2D eigenvalue weighted by atomic mass is 15.4. The van der Waals surface area contributed by atoms with E-state index in [1.54, 1.807) is 6.20 Å². The predicted molar refractivity (Wildman–Crippen MR) is 77.1 cm³/mol. The first-order valence-corrected chi connectivity index (χ1v) is 6.54. The van der Waals surface area contributed by atoms with Gasteiger partial charge in [-0.2, -0.15) is 0 Å². The van der Waals surface area contributed by atoms with Crippen LogP contribution in [0.25, 0.3) is 0 Å². The van der Waals surface area contributed by atoms with Crippen molar-refractivity contribution in [2.45, 2.75) is 25.9 Å². The number of benzene rings is 1. The summed E-state index contributed by atoms with van der Waals surface area (Å²) in [5.41, 5.74) is 9.50. The summed E-state index contributed by atoms with van der Waals surface area (Å²) in [7, 11) is 4.05. The Kier molecular flexibility index (Phi) is 4.16. The third-order valence-electron chi connectivity index (χ3n) is 3.17. The molecule has 2 rings (SSSR count). The summed E-state index contributed by atoms with van der Waals surface area (Å²) >= 11 is 0. The standard InChI is InChI=1S/C14H21N5/c1-4-9-19-13(10-16-17-19)14(15)11-5-7-12(8-6-11)18(2)3/h5-8,10,14H,4,9,15H2,1-3H3. The number of nitrogens with two attached hydrogens (primary N) is 1. The molecule has 0 radical (unpaired) electrons. The van der Waals surface area contributed by atoms with Crippen molar-refractivity contribution >= 4 is 5.69 Å². The van der Waals surface area contributed by atoms with E-state index in [-0.39, 0.29) is 6.04 Å². The molecule has 5 heteroatoms. The zero-order valence-electron chi connectivity index (χ0n) is 11.7. The molecule has 0 aliphatic carbocycles. The molecule has 0 fully saturated rings. The van der Waals surface area contributed by atoms with Crippen LogP contribution < -0.4 is 10.6 Å².